The third kappa shape index (κ3) is 63.1. The molecule has 0 aromatic heterocycles. The fraction of sp³-hybridized carbons (Fsp3) is 0.887. The van der Waals surface area contributed by atoms with Gasteiger partial charge in [-0.2, -0.15) is 0 Å². The number of ether oxygens (including phenoxy) is 1. The normalized spacial score (nSPS) is 12.7. The molecule has 1 amide bonds. The molecule has 0 heterocycles. The second kappa shape index (κ2) is 66.6. The first-order chi connectivity index (χ1) is 38.0. The number of amides is 1. The van der Waals surface area contributed by atoms with Crippen LogP contribution in [0.25, 0.3) is 0 Å². The summed E-state index contributed by atoms with van der Waals surface area (Å²) in [6, 6.07) is -0.539. The van der Waals surface area contributed by atoms with E-state index < -0.39 is 12.1 Å². The topological polar surface area (TPSA) is 95.9 Å². The van der Waals surface area contributed by atoms with Gasteiger partial charge in [-0.15, -0.1) is 0 Å². The fourth-order valence-corrected chi connectivity index (χ4v) is 10.8. The molecular formula is C71H135NO5. The molecule has 0 fully saturated rings. The highest BCUT2D eigenvalue weighted by atomic mass is 16.5. The molecule has 0 bridgehead atoms. The summed E-state index contributed by atoms with van der Waals surface area (Å²) in [4.78, 5) is 24.6. The van der Waals surface area contributed by atoms with Crippen LogP contribution in [0.4, 0.5) is 0 Å². The smallest absolute Gasteiger partial charge is 0.305 e. The zero-order chi connectivity index (χ0) is 55.7. The van der Waals surface area contributed by atoms with Gasteiger partial charge in [-0.1, -0.05) is 320 Å². The first kappa shape index (κ1) is 75.1. The molecule has 454 valence electrons. The monoisotopic (exact) mass is 1080 g/mol. The standard InChI is InChI=1S/C71H135NO5/c1-3-5-7-9-11-13-15-17-18-19-35-38-41-45-49-53-57-61-65-71(76)77-66-62-58-54-50-46-42-39-36-33-31-29-27-25-23-21-20-22-24-26-28-30-32-34-37-40-44-48-52-56-60-64-70(75)72-68(67-73)69(74)63-59-55-51-47-43-16-14-12-10-8-6-4-2/h13,15,18-19,21,23,68-69,73-74H,3-12,14,16-17,20,22,24-67H2,1-2H3,(H,72,75)/b15-13-,19-18-,23-21-. The second-order valence-electron chi connectivity index (χ2n) is 23.9. The van der Waals surface area contributed by atoms with E-state index >= 15 is 0 Å². The third-order valence-corrected chi connectivity index (χ3v) is 16.2. The Labute approximate surface area is 481 Å². The molecule has 0 aliphatic heterocycles. The van der Waals surface area contributed by atoms with E-state index in [4.69, 9.17) is 4.74 Å². The molecule has 0 saturated carbocycles. The zero-order valence-corrected chi connectivity index (χ0v) is 52.0. The average molecular weight is 1080 g/mol. The van der Waals surface area contributed by atoms with Gasteiger partial charge in [0.2, 0.25) is 5.91 Å². The predicted molar refractivity (Wildman–Crippen MR) is 338 cm³/mol. The van der Waals surface area contributed by atoms with Gasteiger partial charge in [-0.05, 0) is 83.5 Å². The van der Waals surface area contributed by atoms with Crippen LogP contribution in [0.3, 0.4) is 0 Å². The van der Waals surface area contributed by atoms with E-state index in [1.54, 1.807) is 0 Å². The summed E-state index contributed by atoms with van der Waals surface area (Å²) < 4.78 is 5.50. The van der Waals surface area contributed by atoms with E-state index in [0.29, 0.717) is 25.9 Å². The molecule has 0 rings (SSSR count). The Morgan fingerprint density at radius 1 is 0.364 bits per heavy atom. The summed E-state index contributed by atoms with van der Waals surface area (Å²) >= 11 is 0. The summed E-state index contributed by atoms with van der Waals surface area (Å²) in [5.74, 6) is -0.0225. The molecule has 0 radical (unpaired) electrons. The van der Waals surface area contributed by atoms with Gasteiger partial charge in [0.05, 0.1) is 25.4 Å². The first-order valence-electron chi connectivity index (χ1n) is 34.7. The van der Waals surface area contributed by atoms with Crippen LogP contribution in [0.5, 0.6) is 0 Å². The lowest BCUT2D eigenvalue weighted by Gasteiger charge is -2.22. The molecule has 0 aromatic carbocycles. The SMILES string of the molecule is CCCCCC/C=C\C/C=C\CCCCCCCCCC(=O)OCCCCCCCCCCCCCC/C=C\CCCCCCCCCCCCCCCCC(=O)NC(CO)C(O)CCCCCCCCCCCCCC. The van der Waals surface area contributed by atoms with E-state index in [9.17, 15) is 19.8 Å². The van der Waals surface area contributed by atoms with Crippen LogP contribution >= 0.6 is 0 Å². The van der Waals surface area contributed by atoms with Crippen LogP contribution in [0.2, 0.25) is 0 Å². The minimum absolute atomic E-state index is 0.0100. The van der Waals surface area contributed by atoms with Crippen molar-refractivity contribution in [1.82, 2.24) is 5.32 Å². The second-order valence-corrected chi connectivity index (χ2v) is 23.9. The highest BCUT2D eigenvalue weighted by molar-refractivity contribution is 5.76. The number of aliphatic hydroxyl groups is 2. The van der Waals surface area contributed by atoms with Gasteiger partial charge >= 0.3 is 5.97 Å². The van der Waals surface area contributed by atoms with Gasteiger partial charge in [0.1, 0.15) is 0 Å². The number of allylic oxidation sites excluding steroid dienone is 6. The van der Waals surface area contributed by atoms with Crippen LogP contribution in [0.15, 0.2) is 36.5 Å². The van der Waals surface area contributed by atoms with Crippen molar-refractivity contribution in [3.05, 3.63) is 36.5 Å². The van der Waals surface area contributed by atoms with Crippen LogP contribution in [-0.2, 0) is 14.3 Å². The summed E-state index contributed by atoms with van der Waals surface area (Å²) in [5.41, 5.74) is 0. The summed E-state index contributed by atoms with van der Waals surface area (Å²) in [7, 11) is 0. The maximum Gasteiger partial charge on any atom is 0.305 e. The van der Waals surface area contributed by atoms with Crippen molar-refractivity contribution < 1.29 is 24.5 Å². The van der Waals surface area contributed by atoms with Crippen LogP contribution in [0, 0.1) is 0 Å². The molecule has 6 heteroatoms. The highest BCUT2D eigenvalue weighted by Crippen LogP contribution is 2.18. The van der Waals surface area contributed by atoms with Crippen molar-refractivity contribution in [2.45, 2.75) is 392 Å². The quantitative estimate of drug-likeness (QED) is 0.0320. The molecule has 2 atom stereocenters. The Balaban J connectivity index is 3.35. The number of carbonyl (C=O) groups excluding carboxylic acids is 2. The van der Waals surface area contributed by atoms with Crippen molar-refractivity contribution in [2.24, 2.45) is 0 Å². The summed E-state index contributed by atoms with van der Waals surface area (Å²) in [5, 5.41) is 23.3. The Kier molecular flexibility index (Phi) is 64.9. The summed E-state index contributed by atoms with van der Waals surface area (Å²) in [6.07, 6.45) is 84.8. The molecule has 0 aromatic rings. The lowest BCUT2D eigenvalue weighted by atomic mass is 10.0. The van der Waals surface area contributed by atoms with Crippen molar-refractivity contribution in [3.8, 4) is 0 Å². The number of hydrogen-bond donors (Lipinski definition) is 3. The largest absolute Gasteiger partial charge is 0.466 e. The van der Waals surface area contributed by atoms with E-state index in [1.165, 1.54) is 295 Å². The van der Waals surface area contributed by atoms with Gasteiger partial charge in [-0.25, -0.2) is 0 Å². The molecule has 6 nitrogen and oxygen atoms in total. The Morgan fingerprint density at radius 2 is 0.649 bits per heavy atom. The molecule has 0 aliphatic carbocycles. The molecule has 77 heavy (non-hydrogen) atoms. The van der Waals surface area contributed by atoms with Gasteiger partial charge < -0.3 is 20.3 Å². The number of unbranched alkanes of at least 4 members (excludes halogenated alkanes) is 48. The van der Waals surface area contributed by atoms with Gasteiger partial charge in [0.15, 0.2) is 0 Å². The lowest BCUT2D eigenvalue weighted by Crippen LogP contribution is -2.45. The Hall–Kier alpha value is -1.92. The third-order valence-electron chi connectivity index (χ3n) is 16.2. The van der Waals surface area contributed by atoms with Crippen LogP contribution < -0.4 is 5.32 Å². The van der Waals surface area contributed by atoms with Crippen LogP contribution in [0.1, 0.15) is 380 Å². The maximum absolute atomic E-state index is 12.5. The van der Waals surface area contributed by atoms with E-state index in [-0.39, 0.29) is 18.5 Å². The molecule has 0 saturated heterocycles. The number of nitrogens with one attached hydrogen (secondary N) is 1. The Bertz CT molecular complexity index is 1250. The minimum Gasteiger partial charge on any atom is -0.466 e. The van der Waals surface area contributed by atoms with Gasteiger partial charge in [-0.3, -0.25) is 9.59 Å². The van der Waals surface area contributed by atoms with Crippen molar-refractivity contribution >= 4 is 11.9 Å². The van der Waals surface area contributed by atoms with Gasteiger partial charge in [0, 0.05) is 12.8 Å². The first-order valence-corrected chi connectivity index (χ1v) is 34.7. The minimum atomic E-state index is -0.662. The Morgan fingerprint density at radius 3 is 1.01 bits per heavy atom. The number of carbonyl (C=O) groups is 2. The van der Waals surface area contributed by atoms with Gasteiger partial charge in [0.25, 0.3) is 0 Å². The molecule has 0 aliphatic rings. The number of esters is 1. The highest BCUT2D eigenvalue weighted by Gasteiger charge is 2.20. The summed E-state index contributed by atoms with van der Waals surface area (Å²) in [6.45, 7) is 4.95. The fourth-order valence-electron chi connectivity index (χ4n) is 10.8. The number of hydrogen-bond acceptors (Lipinski definition) is 5. The van der Waals surface area contributed by atoms with E-state index in [2.05, 4.69) is 55.6 Å². The van der Waals surface area contributed by atoms with Crippen LogP contribution in [-0.4, -0.2) is 47.4 Å². The van der Waals surface area contributed by atoms with Crippen molar-refractivity contribution in [2.75, 3.05) is 13.2 Å². The number of rotatable bonds is 65. The molecule has 0 spiro atoms. The maximum atomic E-state index is 12.5. The number of aliphatic hydroxyl groups excluding tert-OH is 2. The average Bonchev–Trinajstić information content (AvgIpc) is 3.43. The lowest BCUT2D eigenvalue weighted by molar-refractivity contribution is -0.143. The van der Waals surface area contributed by atoms with E-state index in [1.807, 2.05) is 0 Å². The molecule has 2 unspecified atom stereocenters. The van der Waals surface area contributed by atoms with Crippen molar-refractivity contribution in [1.29, 1.82) is 0 Å². The molecular weight excluding hydrogens is 947 g/mol. The van der Waals surface area contributed by atoms with Crippen molar-refractivity contribution in [3.63, 3.8) is 0 Å². The predicted octanol–water partition coefficient (Wildman–Crippen LogP) is 22.3. The molecule has 3 N–H and O–H groups in total. The zero-order valence-electron chi connectivity index (χ0n) is 52.0. The van der Waals surface area contributed by atoms with E-state index in [0.717, 1.165) is 51.4 Å².